The third-order valence-corrected chi connectivity index (χ3v) is 19.3. The molecule has 6 fully saturated rings. The van der Waals surface area contributed by atoms with Crippen molar-refractivity contribution in [3.05, 3.63) is 119 Å². The maximum absolute atomic E-state index is 10.8. The number of fused-ring (bicyclic) bond motifs is 7. The summed E-state index contributed by atoms with van der Waals surface area (Å²) in [5, 5.41) is 10.8. The molecule has 1 N–H and O–H groups in total. The van der Waals surface area contributed by atoms with Crippen LogP contribution in [0.15, 0.2) is 108 Å². The third-order valence-electron chi connectivity index (χ3n) is 19.3. The van der Waals surface area contributed by atoms with Crippen LogP contribution in [0.1, 0.15) is 75.3 Å². The summed E-state index contributed by atoms with van der Waals surface area (Å²) in [6.07, 6.45) is 30.7. The van der Waals surface area contributed by atoms with Gasteiger partial charge in [-0.2, -0.15) is 0 Å². The van der Waals surface area contributed by atoms with Gasteiger partial charge in [-0.05, 0) is 77.8 Å². The molecule has 2 aromatic rings. The van der Waals surface area contributed by atoms with Gasteiger partial charge in [0.15, 0.2) is 0 Å². The van der Waals surface area contributed by atoms with E-state index in [9.17, 15) is 5.11 Å². The summed E-state index contributed by atoms with van der Waals surface area (Å²) in [5.41, 5.74) is 11.2. The number of rotatable bonds is 3. The van der Waals surface area contributed by atoms with Crippen LogP contribution in [0.4, 0.5) is 11.4 Å². The first-order chi connectivity index (χ1) is 27.6. The van der Waals surface area contributed by atoms with Crippen LogP contribution in [0, 0.1) is 17.8 Å². The molecular formula is C50H58Br2N4O2. The van der Waals surface area contributed by atoms with Crippen LogP contribution >= 0.6 is 0 Å². The van der Waals surface area contributed by atoms with Gasteiger partial charge in [-0.15, -0.1) is 0 Å². The number of benzene rings is 2. The average molecular weight is 907 g/mol. The van der Waals surface area contributed by atoms with Crippen molar-refractivity contribution in [2.24, 2.45) is 17.8 Å². The summed E-state index contributed by atoms with van der Waals surface area (Å²) in [5.74, 6) is 1.26. The Bertz CT molecular complexity index is 2230. The van der Waals surface area contributed by atoms with Crippen molar-refractivity contribution < 1.29 is 52.8 Å². The Hall–Kier alpha value is -2.46. The molecule has 4 bridgehead atoms. The number of aliphatic hydroxyl groups excluding tert-OH is 1. The third kappa shape index (κ3) is 4.16. The number of hydrogen-bond donors (Lipinski definition) is 1. The molecule has 14 rings (SSSR count). The molecule has 4 saturated heterocycles. The molecule has 4 unspecified atom stereocenters. The zero-order valence-electron chi connectivity index (χ0n) is 33.6. The van der Waals surface area contributed by atoms with Crippen LogP contribution in [0.3, 0.4) is 0 Å². The van der Waals surface area contributed by atoms with Gasteiger partial charge in [-0.1, -0.05) is 60.7 Å². The lowest BCUT2D eigenvalue weighted by molar-refractivity contribution is -0.960. The summed E-state index contributed by atoms with van der Waals surface area (Å²) in [6.45, 7) is 5.66. The fourth-order valence-corrected chi connectivity index (χ4v) is 17.7. The topological polar surface area (TPSA) is 35.9 Å². The van der Waals surface area contributed by atoms with Crippen molar-refractivity contribution in [1.82, 2.24) is 0 Å². The van der Waals surface area contributed by atoms with Crippen molar-refractivity contribution in [3.63, 3.8) is 0 Å². The van der Waals surface area contributed by atoms with Crippen LogP contribution in [0.2, 0.25) is 0 Å². The second-order valence-electron chi connectivity index (χ2n) is 20.4. The Morgan fingerprint density at radius 2 is 1.48 bits per heavy atom. The number of aliphatic hydroxyl groups is 1. The van der Waals surface area contributed by atoms with Crippen molar-refractivity contribution >= 4 is 11.4 Å². The SMILES string of the molecule is OC/C=C1/C[N+]2(C3C=CCCC3)CC[C@@]34c5ccccc5N5[C@@H]6OCC=C7C[N+]8(C9C=CCCC9)CC[C@]9%10c%11ccccc%11N(/C=C(/[C@H]1C[C@@H]32)[C@H]54)[C@H]9[C@H]6[C@H]7C[C@@H]%108.[Br-].[Br-]. The first-order valence-corrected chi connectivity index (χ1v) is 22.8. The first-order valence-electron chi connectivity index (χ1n) is 22.8. The van der Waals surface area contributed by atoms with Gasteiger partial charge in [-0.25, -0.2) is 0 Å². The lowest BCUT2D eigenvalue weighted by Gasteiger charge is -2.63. The van der Waals surface area contributed by atoms with Gasteiger partial charge in [0.05, 0.1) is 49.2 Å². The van der Waals surface area contributed by atoms with Gasteiger partial charge in [0.25, 0.3) is 0 Å². The van der Waals surface area contributed by atoms with Crippen molar-refractivity contribution in [2.45, 2.75) is 118 Å². The fraction of sp³-hybridized carbons (Fsp3) is 0.560. The molecule has 14 atom stereocenters. The molecule has 304 valence electrons. The highest BCUT2D eigenvalue weighted by molar-refractivity contribution is 5.74. The highest BCUT2D eigenvalue weighted by Crippen LogP contribution is 2.72. The van der Waals surface area contributed by atoms with Crippen LogP contribution in [-0.2, 0) is 15.6 Å². The molecule has 4 aliphatic carbocycles. The maximum Gasteiger partial charge on any atom is 0.136 e. The molecule has 0 amide bonds. The van der Waals surface area contributed by atoms with Crippen LogP contribution in [0.25, 0.3) is 0 Å². The van der Waals surface area contributed by atoms with E-state index in [0.29, 0.717) is 48.0 Å². The molecule has 12 aliphatic rings. The Morgan fingerprint density at radius 1 is 0.810 bits per heavy atom. The molecule has 8 heteroatoms. The number of quaternary nitrogens is 2. The van der Waals surface area contributed by atoms with Crippen molar-refractivity contribution in [2.75, 3.05) is 49.2 Å². The molecular weight excluding hydrogens is 848 g/mol. The summed E-state index contributed by atoms with van der Waals surface area (Å²) < 4.78 is 10.1. The Morgan fingerprint density at radius 3 is 2.21 bits per heavy atom. The zero-order valence-corrected chi connectivity index (χ0v) is 36.8. The average Bonchev–Trinajstić information content (AvgIpc) is 3.92. The molecule has 0 radical (unpaired) electrons. The van der Waals surface area contributed by atoms with E-state index in [1.807, 2.05) is 0 Å². The molecule has 2 spiro atoms. The smallest absolute Gasteiger partial charge is 0.136 e. The second kappa shape index (κ2) is 12.8. The molecule has 2 aromatic carbocycles. The number of nitrogens with zero attached hydrogens (tertiary/aromatic N) is 4. The predicted octanol–water partition coefficient (Wildman–Crippen LogP) is 1.43. The minimum Gasteiger partial charge on any atom is -1.00 e. The van der Waals surface area contributed by atoms with E-state index >= 15 is 0 Å². The Balaban J connectivity index is 0.00000183. The normalized spacial score (nSPS) is 47.6. The summed E-state index contributed by atoms with van der Waals surface area (Å²) in [4.78, 5) is 5.89. The first kappa shape index (κ1) is 37.3. The number of allylic oxidation sites excluding steroid dienone is 2. The fourth-order valence-electron chi connectivity index (χ4n) is 17.7. The summed E-state index contributed by atoms with van der Waals surface area (Å²) in [6, 6.07) is 22.5. The highest BCUT2D eigenvalue weighted by atomic mass is 79.9. The second-order valence-corrected chi connectivity index (χ2v) is 20.4. The number of anilines is 2. The van der Waals surface area contributed by atoms with Gasteiger partial charge < -0.3 is 62.6 Å². The summed E-state index contributed by atoms with van der Waals surface area (Å²) >= 11 is 0. The Labute approximate surface area is 365 Å². The molecule has 58 heavy (non-hydrogen) atoms. The molecule has 6 nitrogen and oxygen atoms in total. The van der Waals surface area contributed by atoms with E-state index in [1.54, 1.807) is 22.3 Å². The number of ether oxygens (including phenoxy) is 1. The number of halogens is 2. The number of hydrogen-bond acceptors (Lipinski definition) is 4. The summed E-state index contributed by atoms with van der Waals surface area (Å²) in [7, 11) is 0. The number of para-hydroxylation sites is 2. The lowest BCUT2D eigenvalue weighted by atomic mass is 9.53. The van der Waals surface area contributed by atoms with Gasteiger partial charge in [-0.3, -0.25) is 0 Å². The minimum absolute atomic E-state index is 0. The van der Waals surface area contributed by atoms with E-state index in [-0.39, 0.29) is 63.7 Å². The quantitative estimate of drug-likeness (QED) is 0.374. The monoisotopic (exact) mass is 904 g/mol. The minimum atomic E-state index is 0. The molecule has 8 heterocycles. The Kier molecular flexibility index (Phi) is 8.23. The lowest BCUT2D eigenvalue weighted by Crippen LogP contribution is -3.00. The number of piperidine rings is 2. The largest absolute Gasteiger partial charge is 1.00 e. The van der Waals surface area contributed by atoms with Gasteiger partial charge in [0.1, 0.15) is 43.5 Å². The molecule has 2 saturated carbocycles. The van der Waals surface area contributed by atoms with Gasteiger partial charge >= 0.3 is 0 Å². The molecule has 8 aliphatic heterocycles. The van der Waals surface area contributed by atoms with Crippen LogP contribution < -0.4 is 43.8 Å². The van der Waals surface area contributed by atoms with Crippen molar-refractivity contribution in [1.29, 1.82) is 0 Å². The van der Waals surface area contributed by atoms with Crippen LogP contribution in [0.5, 0.6) is 0 Å². The van der Waals surface area contributed by atoms with Gasteiger partial charge in [0.2, 0.25) is 0 Å². The standard InChI is InChI=1S/C50H58N4O2.2BrH/c55-25-19-32-30-53(34-11-3-1-4-12-34)23-21-49-40-16-8-10-18-42(40)52-46(49)38(36(32)27-43(49)53)29-51-41-17-9-7-15-39(41)50-22-24-54(35-13-5-2-6-14-35)31-33-20-26-56-48(52)45(47(50)51)37(33)28-44(50)54;;/h3,5,7-11,13,15-20,29,34-37,43-48,55H,1-2,4,6,12,14,21-28,30-31H2;2*1H/q+2;;/p-2/b32-19-,38-29-;;/t34?,35?,36-,37-,43-,44-,45+,46-,47-,48+,49+,50+,53?,54?;;/m0../s1. The van der Waals surface area contributed by atoms with E-state index < -0.39 is 0 Å². The van der Waals surface area contributed by atoms with E-state index in [1.165, 1.54) is 110 Å². The molecule has 0 aromatic heterocycles. The van der Waals surface area contributed by atoms with Crippen molar-refractivity contribution in [3.8, 4) is 0 Å². The maximum atomic E-state index is 10.8. The van der Waals surface area contributed by atoms with Gasteiger partial charge in [0, 0.05) is 73.9 Å². The van der Waals surface area contributed by atoms with Crippen LogP contribution in [-0.4, -0.2) is 95.9 Å². The van der Waals surface area contributed by atoms with E-state index in [0.717, 1.165) is 13.2 Å². The van der Waals surface area contributed by atoms with E-state index in [2.05, 4.69) is 101 Å². The predicted molar refractivity (Wildman–Crippen MR) is 220 cm³/mol. The highest BCUT2D eigenvalue weighted by Gasteiger charge is 2.79. The van der Waals surface area contributed by atoms with E-state index in [4.69, 9.17) is 4.74 Å². The zero-order chi connectivity index (χ0) is 36.6.